The van der Waals surface area contributed by atoms with Gasteiger partial charge < -0.3 is 4.74 Å². The molecule has 1 unspecified atom stereocenters. The number of esters is 1. The third-order valence-electron chi connectivity index (χ3n) is 3.24. The Hall–Kier alpha value is -1.65. The van der Waals surface area contributed by atoms with Crippen LogP contribution in [0.15, 0.2) is 41.8 Å². The van der Waals surface area contributed by atoms with Crippen LogP contribution in [-0.4, -0.2) is 13.1 Å². The lowest BCUT2D eigenvalue weighted by molar-refractivity contribution is -0.143. The summed E-state index contributed by atoms with van der Waals surface area (Å²) in [7, 11) is 1.43. The molecule has 0 aliphatic carbocycles. The lowest BCUT2D eigenvalue weighted by Crippen LogP contribution is -2.29. The number of rotatable bonds is 6. The van der Waals surface area contributed by atoms with E-state index >= 15 is 0 Å². The molecule has 2 aromatic rings. The van der Waals surface area contributed by atoms with Gasteiger partial charge in [0.05, 0.1) is 7.11 Å². The molecule has 3 nitrogen and oxygen atoms in total. The molecule has 0 fully saturated rings. The summed E-state index contributed by atoms with van der Waals surface area (Å²) < 4.78 is 4.94. The number of aryl methyl sites for hydroxylation is 1. The number of ether oxygens (including phenoxy) is 1. The smallest absolute Gasteiger partial charge is 0.327 e. The third kappa shape index (κ3) is 3.46. The van der Waals surface area contributed by atoms with Crippen LogP contribution in [0.3, 0.4) is 0 Å². The number of thiophene rings is 1. The van der Waals surface area contributed by atoms with E-state index < -0.39 is 6.04 Å². The minimum Gasteiger partial charge on any atom is -0.468 e. The van der Waals surface area contributed by atoms with Gasteiger partial charge in [-0.1, -0.05) is 37.3 Å². The van der Waals surface area contributed by atoms with Crippen molar-refractivity contribution in [1.82, 2.24) is 5.32 Å². The molecule has 0 aliphatic rings. The van der Waals surface area contributed by atoms with Gasteiger partial charge in [-0.3, -0.25) is 5.32 Å². The van der Waals surface area contributed by atoms with E-state index in [-0.39, 0.29) is 5.97 Å². The summed E-state index contributed by atoms with van der Waals surface area (Å²) in [6.07, 6.45) is 0.893. The normalized spacial score (nSPS) is 12.1. The van der Waals surface area contributed by atoms with Gasteiger partial charge in [0.2, 0.25) is 0 Å². The van der Waals surface area contributed by atoms with Crippen LogP contribution in [0.2, 0.25) is 0 Å². The Kier molecular flexibility index (Phi) is 5.32. The third-order valence-corrected chi connectivity index (χ3v) is 4.12. The molecule has 1 atom stereocenters. The molecule has 1 heterocycles. The molecule has 1 aromatic carbocycles. The Morgan fingerprint density at radius 2 is 2.10 bits per heavy atom. The number of methoxy groups -OCH3 is 1. The Bertz CT molecular complexity index is 551. The van der Waals surface area contributed by atoms with Crippen molar-refractivity contribution in [3.63, 3.8) is 0 Å². The first-order chi connectivity index (χ1) is 9.76. The van der Waals surface area contributed by atoms with E-state index in [2.05, 4.69) is 24.4 Å². The zero-order valence-electron chi connectivity index (χ0n) is 11.8. The largest absolute Gasteiger partial charge is 0.468 e. The van der Waals surface area contributed by atoms with Crippen molar-refractivity contribution < 1.29 is 9.53 Å². The molecular weight excluding hydrogens is 270 g/mol. The predicted molar refractivity (Wildman–Crippen MR) is 81.7 cm³/mol. The van der Waals surface area contributed by atoms with Crippen LogP contribution in [0.1, 0.15) is 29.0 Å². The SMILES string of the molecule is CCc1ccccc1C(NCc1cccs1)C(=O)OC. The quantitative estimate of drug-likeness (QED) is 0.829. The lowest BCUT2D eigenvalue weighted by atomic mass is 9.98. The molecule has 0 saturated heterocycles. The molecule has 2 rings (SSSR count). The van der Waals surface area contributed by atoms with E-state index in [1.54, 1.807) is 11.3 Å². The summed E-state index contributed by atoms with van der Waals surface area (Å²) >= 11 is 1.67. The monoisotopic (exact) mass is 289 g/mol. The second-order valence-corrected chi connectivity index (χ2v) is 5.50. The first kappa shape index (κ1) is 14.8. The van der Waals surface area contributed by atoms with Crippen LogP contribution in [0.5, 0.6) is 0 Å². The predicted octanol–water partition coefficient (Wildman–Crippen LogP) is 3.31. The number of hydrogen-bond donors (Lipinski definition) is 1. The van der Waals surface area contributed by atoms with Gasteiger partial charge in [0.25, 0.3) is 0 Å². The number of nitrogens with one attached hydrogen (secondary N) is 1. The van der Waals surface area contributed by atoms with Crippen LogP contribution in [0.4, 0.5) is 0 Å². The van der Waals surface area contributed by atoms with Crippen LogP contribution in [-0.2, 0) is 22.5 Å². The summed E-state index contributed by atoms with van der Waals surface area (Å²) in [6, 6.07) is 11.6. The van der Waals surface area contributed by atoms with Crippen LogP contribution in [0.25, 0.3) is 0 Å². The van der Waals surface area contributed by atoms with Gasteiger partial charge in [-0.25, -0.2) is 4.79 Å². The number of carbonyl (C=O) groups excluding carboxylic acids is 1. The molecule has 1 aromatic heterocycles. The van der Waals surface area contributed by atoms with Crippen molar-refractivity contribution in [2.45, 2.75) is 25.9 Å². The van der Waals surface area contributed by atoms with E-state index in [1.165, 1.54) is 17.6 Å². The minimum absolute atomic E-state index is 0.248. The van der Waals surface area contributed by atoms with E-state index in [4.69, 9.17) is 4.74 Å². The van der Waals surface area contributed by atoms with Gasteiger partial charge in [-0.2, -0.15) is 0 Å². The molecule has 0 amide bonds. The van der Waals surface area contributed by atoms with Crippen molar-refractivity contribution in [1.29, 1.82) is 0 Å². The van der Waals surface area contributed by atoms with Crippen molar-refractivity contribution in [3.05, 3.63) is 57.8 Å². The number of benzene rings is 1. The Morgan fingerprint density at radius 1 is 1.30 bits per heavy atom. The molecular formula is C16H19NO2S. The molecule has 20 heavy (non-hydrogen) atoms. The topological polar surface area (TPSA) is 38.3 Å². The Labute approximate surface area is 123 Å². The summed E-state index contributed by atoms with van der Waals surface area (Å²) in [5, 5.41) is 5.33. The van der Waals surface area contributed by atoms with Crippen LogP contribution < -0.4 is 5.32 Å². The van der Waals surface area contributed by atoms with Gasteiger partial charge in [0, 0.05) is 11.4 Å². The molecule has 0 aliphatic heterocycles. The van der Waals surface area contributed by atoms with Gasteiger partial charge in [0.15, 0.2) is 0 Å². The van der Waals surface area contributed by atoms with Gasteiger partial charge in [0.1, 0.15) is 6.04 Å². The van der Waals surface area contributed by atoms with Crippen molar-refractivity contribution in [2.24, 2.45) is 0 Å². The molecule has 0 bridgehead atoms. The van der Waals surface area contributed by atoms with Crippen LogP contribution >= 0.6 is 11.3 Å². The zero-order valence-corrected chi connectivity index (χ0v) is 12.6. The number of carbonyl (C=O) groups is 1. The first-order valence-electron chi connectivity index (χ1n) is 6.67. The maximum Gasteiger partial charge on any atom is 0.327 e. The fraction of sp³-hybridized carbons (Fsp3) is 0.312. The highest BCUT2D eigenvalue weighted by Crippen LogP contribution is 2.21. The van der Waals surface area contributed by atoms with E-state index in [9.17, 15) is 4.79 Å². The summed E-state index contributed by atoms with van der Waals surface area (Å²) in [5.41, 5.74) is 2.17. The zero-order chi connectivity index (χ0) is 14.4. The fourth-order valence-corrected chi connectivity index (χ4v) is 2.85. The Balaban J connectivity index is 2.20. The maximum atomic E-state index is 12.1. The fourth-order valence-electron chi connectivity index (χ4n) is 2.19. The second-order valence-electron chi connectivity index (χ2n) is 4.47. The molecule has 4 heteroatoms. The highest BCUT2D eigenvalue weighted by molar-refractivity contribution is 7.09. The average Bonchev–Trinajstić information content (AvgIpc) is 3.01. The molecule has 0 saturated carbocycles. The highest BCUT2D eigenvalue weighted by atomic mass is 32.1. The molecule has 106 valence electrons. The van der Waals surface area contributed by atoms with Crippen LogP contribution in [0, 0.1) is 0 Å². The van der Waals surface area contributed by atoms with E-state index in [1.807, 2.05) is 29.6 Å². The molecule has 0 spiro atoms. The Morgan fingerprint density at radius 3 is 2.75 bits per heavy atom. The van der Waals surface area contributed by atoms with Crippen molar-refractivity contribution in [3.8, 4) is 0 Å². The van der Waals surface area contributed by atoms with Gasteiger partial charge in [-0.15, -0.1) is 11.3 Å². The van der Waals surface area contributed by atoms with Crippen molar-refractivity contribution in [2.75, 3.05) is 7.11 Å². The minimum atomic E-state index is -0.418. The summed E-state index contributed by atoms with van der Waals surface area (Å²) in [6.45, 7) is 2.75. The number of hydrogen-bond acceptors (Lipinski definition) is 4. The van der Waals surface area contributed by atoms with Gasteiger partial charge in [-0.05, 0) is 29.0 Å². The van der Waals surface area contributed by atoms with Crippen molar-refractivity contribution >= 4 is 17.3 Å². The molecule has 1 N–H and O–H groups in total. The van der Waals surface area contributed by atoms with Gasteiger partial charge >= 0.3 is 5.97 Å². The second kappa shape index (κ2) is 7.22. The first-order valence-corrected chi connectivity index (χ1v) is 7.55. The molecule has 0 radical (unpaired) electrons. The summed E-state index contributed by atoms with van der Waals surface area (Å²) in [4.78, 5) is 13.3. The standard InChI is InChI=1S/C16H19NO2S/c1-3-12-7-4-5-9-14(12)15(16(18)19-2)17-11-13-8-6-10-20-13/h4-10,15,17H,3,11H2,1-2H3. The lowest BCUT2D eigenvalue weighted by Gasteiger charge is -2.19. The average molecular weight is 289 g/mol. The maximum absolute atomic E-state index is 12.1. The van der Waals surface area contributed by atoms with E-state index in [0.29, 0.717) is 6.54 Å². The highest BCUT2D eigenvalue weighted by Gasteiger charge is 2.22. The van der Waals surface area contributed by atoms with E-state index in [0.717, 1.165) is 12.0 Å². The summed E-state index contributed by atoms with van der Waals surface area (Å²) in [5.74, 6) is -0.248.